The number of benzene rings is 2. The topological polar surface area (TPSA) is 82.6 Å². The molecule has 1 aliphatic rings. The van der Waals surface area contributed by atoms with Crippen molar-refractivity contribution in [1.82, 2.24) is 14.2 Å². The minimum absolute atomic E-state index is 0.174. The third kappa shape index (κ3) is 4.78. The number of halogens is 1. The van der Waals surface area contributed by atoms with Crippen molar-refractivity contribution < 1.29 is 13.2 Å². The number of carbonyl (C=O) groups excluding carboxylic acids is 1. The Kier molecular flexibility index (Phi) is 6.48. The SMILES string of the molecule is Cc1ccc(NC(=O)CN2CCN(S(=O)(=O)c3cccc4cc(C)cnc34)CC2)c(Cl)c1. The van der Waals surface area contributed by atoms with Gasteiger partial charge in [-0.15, -0.1) is 0 Å². The first-order valence-electron chi connectivity index (χ1n) is 10.4. The van der Waals surface area contributed by atoms with Crippen molar-refractivity contribution in [2.24, 2.45) is 0 Å². The van der Waals surface area contributed by atoms with Crippen LogP contribution in [0.2, 0.25) is 5.02 Å². The lowest BCUT2D eigenvalue weighted by Gasteiger charge is -2.33. The van der Waals surface area contributed by atoms with Crippen molar-refractivity contribution in [1.29, 1.82) is 0 Å². The molecule has 0 aliphatic carbocycles. The van der Waals surface area contributed by atoms with E-state index in [2.05, 4.69) is 10.3 Å². The molecule has 2 aromatic carbocycles. The zero-order valence-corrected chi connectivity index (χ0v) is 19.6. The van der Waals surface area contributed by atoms with E-state index in [0.717, 1.165) is 16.5 Å². The van der Waals surface area contributed by atoms with Gasteiger partial charge in [-0.3, -0.25) is 14.7 Å². The van der Waals surface area contributed by atoms with Crippen LogP contribution in [0, 0.1) is 13.8 Å². The molecule has 9 heteroatoms. The number of nitrogens with zero attached hydrogens (tertiary/aromatic N) is 3. The Bertz CT molecular complexity index is 1270. The van der Waals surface area contributed by atoms with Gasteiger partial charge in [-0.05, 0) is 49.2 Å². The number of carbonyl (C=O) groups is 1. The van der Waals surface area contributed by atoms with Crippen LogP contribution in [-0.2, 0) is 14.8 Å². The summed E-state index contributed by atoms with van der Waals surface area (Å²) < 4.78 is 28.1. The number of rotatable bonds is 5. The fourth-order valence-electron chi connectivity index (χ4n) is 3.83. The molecule has 0 bridgehead atoms. The van der Waals surface area contributed by atoms with E-state index in [1.165, 1.54) is 4.31 Å². The van der Waals surface area contributed by atoms with E-state index in [4.69, 9.17) is 11.6 Å². The second-order valence-corrected chi connectivity index (χ2v) is 10.4. The Morgan fingerprint density at radius 3 is 2.53 bits per heavy atom. The van der Waals surface area contributed by atoms with Crippen LogP contribution in [0.1, 0.15) is 11.1 Å². The highest BCUT2D eigenvalue weighted by molar-refractivity contribution is 7.89. The number of pyridine rings is 1. The Morgan fingerprint density at radius 2 is 1.81 bits per heavy atom. The molecule has 1 saturated heterocycles. The van der Waals surface area contributed by atoms with Gasteiger partial charge in [0.25, 0.3) is 0 Å². The summed E-state index contributed by atoms with van der Waals surface area (Å²) in [5, 5.41) is 4.12. The van der Waals surface area contributed by atoms with Gasteiger partial charge in [0, 0.05) is 37.8 Å². The van der Waals surface area contributed by atoms with E-state index in [9.17, 15) is 13.2 Å². The molecule has 3 aromatic rings. The van der Waals surface area contributed by atoms with E-state index in [0.29, 0.717) is 42.4 Å². The van der Waals surface area contributed by atoms with Crippen LogP contribution in [0.15, 0.2) is 53.6 Å². The number of hydrogen-bond acceptors (Lipinski definition) is 5. The Morgan fingerprint density at radius 1 is 1.06 bits per heavy atom. The molecule has 168 valence electrons. The second kappa shape index (κ2) is 9.15. The maximum absolute atomic E-state index is 13.3. The normalized spacial score (nSPS) is 15.7. The summed E-state index contributed by atoms with van der Waals surface area (Å²) >= 11 is 6.19. The molecule has 0 saturated carbocycles. The lowest BCUT2D eigenvalue weighted by atomic mass is 10.2. The molecule has 0 radical (unpaired) electrons. The van der Waals surface area contributed by atoms with E-state index in [-0.39, 0.29) is 17.3 Å². The van der Waals surface area contributed by atoms with Gasteiger partial charge >= 0.3 is 0 Å². The van der Waals surface area contributed by atoms with Gasteiger partial charge in [0.1, 0.15) is 4.90 Å². The van der Waals surface area contributed by atoms with Crippen LogP contribution in [0.5, 0.6) is 0 Å². The number of para-hydroxylation sites is 1. The number of fused-ring (bicyclic) bond motifs is 1. The number of piperazine rings is 1. The van der Waals surface area contributed by atoms with Gasteiger partial charge in [0.05, 0.1) is 22.8 Å². The smallest absolute Gasteiger partial charge is 0.245 e. The first kappa shape index (κ1) is 22.7. The van der Waals surface area contributed by atoms with Crippen LogP contribution in [0.4, 0.5) is 5.69 Å². The lowest BCUT2D eigenvalue weighted by Crippen LogP contribution is -2.50. The summed E-state index contributed by atoms with van der Waals surface area (Å²) in [5.74, 6) is -0.180. The predicted octanol–water partition coefficient (Wildman–Crippen LogP) is 3.45. The maximum atomic E-state index is 13.3. The van der Waals surface area contributed by atoms with E-state index in [1.807, 2.05) is 36.9 Å². The number of hydrogen-bond donors (Lipinski definition) is 1. The lowest BCUT2D eigenvalue weighted by molar-refractivity contribution is -0.117. The van der Waals surface area contributed by atoms with Gasteiger partial charge in [-0.2, -0.15) is 4.31 Å². The molecule has 1 fully saturated rings. The van der Waals surface area contributed by atoms with E-state index in [1.54, 1.807) is 30.5 Å². The summed E-state index contributed by atoms with van der Waals surface area (Å²) in [6.45, 7) is 5.58. The largest absolute Gasteiger partial charge is 0.324 e. The Balaban J connectivity index is 1.40. The average molecular weight is 473 g/mol. The van der Waals surface area contributed by atoms with Crippen LogP contribution >= 0.6 is 11.6 Å². The first-order valence-corrected chi connectivity index (χ1v) is 12.2. The molecule has 1 aliphatic heterocycles. The number of amides is 1. The number of aryl methyl sites for hydroxylation is 2. The van der Waals surface area contributed by atoms with Gasteiger partial charge in [-0.25, -0.2) is 8.42 Å². The number of nitrogens with one attached hydrogen (secondary N) is 1. The molecule has 4 rings (SSSR count). The summed E-state index contributed by atoms with van der Waals surface area (Å²) in [6, 6.07) is 12.6. The Hall–Kier alpha value is -2.52. The minimum atomic E-state index is -3.69. The van der Waals surface area contributed by atoms with E-state index >= 15 is 0 Å². The maximum Gasteiger partial charge on any atom is 0.245 e. The number of aromatic nitrogens is 1. The summed E-state index contributed by atoms with van der Waals surface area (Å²) in [6.07, 6.45) is 1.68. The monoisotopic (exact) mass is 472 g/mol. The molecule has 2 heterocycles. The summed E-state index contributed by atoms with van der Waals surface area (Å²) in [7, 11) is -3.69. The predicted molar refractivity (Wildman–Crippen MR) is 126 cm³/mol. The van der Waals surface area contributed by atoms with Crippen LogP contribution < -0.4 is 5.32 Å². The van der Waals surface area contributed by atoms with Crippen molar-refractivity contribution in [3.8, 4) is 0 Å². The molecule has 0 spiro atoms. The average Bonchev–Trinajstić information content (AvgIpc) is 2.75. The first-order chi connectivity index (χ1) is 15.2. The molecule has 32 heavy (non-hydrogen) atoms. The second-order valence-electron chi connectivity index (χ2n) is 8.05. The van der Waals surface area contributed by atoms with Crippen molar-refractivity contribution >= 4 is 44.1 Å². The highest BCUT2D eigenvalue weighted by Crippen LogP contribution is 2.26. The molecule has 0 atom stereocenters. The standard InChI is InChI=1S/C23H25ClN4O3S/c1-16-6-7-20(19(24)13-16)26-22(29)15-27-8-10-28(11-9-27)32(30,31)21-5-3-4-18-12-17(2)14-25-23(18)21/h3-7,12-14H,8-11,15H2,1-2H3,(H,26,29). The van der Waals surface area contributed by atoms with Gasteiger partial charge in [0.15, 0.2) is 0 Å². The van der Waals surface area contributed by atoms with Crippen molar-refractivity contribution in [2.75, 3.05) is 38.0 Å². The molecular weight excluding hydrogens is 448 g/mol. The summed E-state index contributed by atoms with van der Waals surface area (Å²) in [5.41, 5.74) is 3.05. The zero-order valence-electron chi connectivity index (χ0n) is 18.0. The minimum Gasteiger partial charge on any atom is -0.324 e. The highest BCUT2D eigenvalue weighted by atomic mass is 35.5. The fourth-order valence-corrected chi connectivity index (χ4v) is 5.70. The zero-order chi connectivity index (χ0) is 22.9. The van der Waals surface area contributed by atoms with Gasteiger partial charge in [0.2, 0.25) is 15.9 Å². The molecule has 1 aromatic heterocycles. The quantitative estimate of drug-likeness (QED) is 0.615. The fraction of sp³-hybridized carbons (Fsp3) is 0.304. The molecule has 0 unspecified atom stereocenters. The Labute approximate surface area is 193 Å². The van der Waals surface area contributed by atoms with Crippen LogP contribution in [0.25, 0.3) is 10.9 Å². The number of anilines is 1. The van der Waals surface area contributed by atoms with E-state index < -0.39 is 10.0 Å². The van der Waals surface area contributed by atoms with Crippen LogP contribution in [-0.4, -0.2) is 61.2 Å². The van der Waals surface area contributed by atoms with Crippen molar-refractivity contribution in [3.63, 3.8) is 0 Å². The van der Waals surface area contributed by atoms with Crippen molar-refractivity contribution in [3.05, 3.63) is 64.8 Å². The highest BCUT2D eigenvalue weighted by Gasteiger charge is 2.30. The van der Waals surface area contributed by atoms with Crippen LogP contribution in [0.3, 0.4) is 0 Å². The third-order valence-electron chi connectivity index (χ3n) is 5.53. The third-order valence-corrected chi connectivity index (χ3v) is 7.77. The van der Waals surface area contributed by atoms with Crippen molar-refractivity contribution in [2.45, 2.75) is 18.7 Å². The molecular formula is C23H25ClN4O3S. The number of sulfonamides is 1. The molecule has 1 amide bonds. The molecule has 1 N–H and O–H groups in total. The summed E-state index contributed by atoms with van der Waals surface area (Å²) in [4.78, 5) is 19.0. The molecule has 7 nitrogen and oxygen atoms in total. The van der Waals surface area contributed by atoms with Gasteiger partial charge in [-0.1, -0.05) is 29.8 Å². The van der Waals surface area contributed by atoms with Gasteiger partial charge < -0.3 is 5.32 Å².